The predicted molar refractivity (Wildman–Crippen MR) is 93.0 cm³/mol. The van der Waals surface area contributed by atoms with E-state index in [4.69, 9.17) is 11.6 Å². The predicted octanol–water partition coefficient (Wildman–Crippen LogP) is 3.52. The number of rotatable bonds is 4. The third-order valence-corrected chi connectivity index (χ3v) is 5.61. The van der Waals surface area contributed by atoms with E-state index in [-0.39, 0.29) is 5.91 Å². The lowest BCUT2D eigenvalue weighted by molar-refractivity contribution is -0.113. The van der Waals surface area contributed by atoms with Crippen molar-refractivity contribution in [2.75, 3.05) is 24.7 Å². The zero-order chi connectivity index (χ0) is 15.5. The summed E-state index contributed by atoms with van der Waals surface area (Å²) < 4.78 is 0. The molecule has 3 rings (SSSR count). The third kappa shape index (κ3) is 4.01. The fourth-order valence-electron chi connectivity index (χ4n) is 2.21. The molecule has 1 amide bonds. The van der Waals surface area contributed by atoms with Crippen molar-refractivity contribution in [3.8, 4) is 0 Å². The van der Waals surface area contributed by atoms with E-state index in [0.717, 1.165) is 30.1 Å². The SMILES string of the molecule is CN1CCc2nc(NC(=O)CSc3ccc(Cl)cc3)sc2C1. The second kappa shape index (κ2) is 7.00. The number of aromatic nitrogens is 1. The zero-order valence-electron chi connectivity index (χ0n) is 12.1. The van der Waals surface area contributed by atoms with Crippen LogP contribution < -0.4 is 5.32 Å². The Morgan fingerprint density at radius 1 is 1.45 bits per heavy atom. The van der Waals surface area contributed by atoms with Crippen LogP contribution in [0.25, 0.3) is 0 Å². The Morgan fingerprint density at radius 3 is 3.00 bits per heavy atom. The molecule has 0 aliphatic carbocycles. The number of fused-ring (bicyclic) bond motifs is 1. The number of thioether (sulfide) groups is 1. The van der Waals surface area contributed by atoms with Gasteiger partial charge in [0, 0.05) is 34.3 Å². The Hall–Kier alpha value is -1.08. The largest absolute Gasteiger partial charge is 0.301 e. The van der Waals surface area contributed by atoms with Crippen molar-refractivity contribution in [1.29, 1.82) is 0 Å². The fourth-order valence-corrected chi connectivity index (χ4v) is 4.14. The van der Waals surface area contributed by atoms with Gasteiger partial charge in [0.15, 0.2) is 5.13 Å². The van der Waals surface area contributed by atoms with Crippen molar-refractivity contribution in [2.24, 2.45) is 0 Å². The topological polar surface area (TPSA) is 45.2 Å². The molecule has 0 unspecified atom stereocenters. The van der Waals surface area contributed by atoms with Crippen LogP contribution in [0.2, 0.25) is 5.02 Å². The molecule has 0 atom stereocenters. The molecule has 1 aromatic carbocycles. The van der Waals surface area contributed by atoms with Crippen LogP contribution in [-0.4, -0.2) is 35.1 Å². The Bertz CT molecular complexity index is 672. The summed E-state index contributed by atoms with van der Waals surface area (Å²) in [5.41, 5.74) is 1.13. The highest BCUT2D eigenvalue weighted by Gasteiger charge is 2.19. The highest BCUT2D eigenvalue weighted by atomic mass is 35.5. The van der Waals surface area contributed by atoms with Gasteiger partial charge in [-0.05, 0) is 31.3 Å². The highest BCUT2D eigenvalue weighted by molar-refractivity contribution is 8.00. The molecule has 0 spiro atoms. The van der Waals surface area contributed by atoms with Gasteiger partial charge >= 0.3 is 0 Å². The molecule has 0 saturated carbocycles. The lowest BCUT2D eigenvalue weighted by atomic mass is 10.2. The molecule has 1 aliphatic heterocycles. The maximum Gasteiger partial charge on any atom is 0.236 e. The smallest absolute Gasteiger partial charge is 0.236 e. The van der Waals surface area contributed by atoms with Gasteiger partial charge in [-0.25, -0.2) is 4.98 Å². The van der Waals surface area contributed by atoms with Gasteiger partial charge in [0.2, 0.25) is 5.91 Å². The second-order valence-electron chi connectivity index (χ2n) is 5.17. The number of likely N-dealkylation sites (N-methyl/N-ethyl adjacent to an activating group) is 1. The zero-order valence-corrected chi connectivity index (χ0v) is 14.5. The molecule has 1 N–H and O–H groups in total. The van der Waals surface area contributed by atoms with E-state index in [9.17, 15) is 4.79 Å². The van der Waals surface area contributed by atoms with Gasteiger partial charge in [-0.3, -0.25) is 4.79 Å². The van der Waals surface area contributed by atoms with Gasteiger partial charge in [-0.2, -0.15) is 0 Å². The summed E-state index contributed by atoms with van der Waals surface area (Å²) in [4.78, 5) is 21.1. The number of carbonyl (C=O) groups excluding carboxylic acids is 1. The van der Waals surface area contributed by atoms with Crippen molar-refractivity contribution in [1.82, 2.24) is 9.88 Å². The molecule has 2 aromatic rings. The van der Waals surface area contributed by atoms with Gasteiger partial charge in [0.05, 0.1) is 11.4 Å². The molecule has 1 aliphatic rings. The van der Waals surface area contributed by atoms with E-state index in [2.05, 4.69) is 22.2 Å². The van der Waals surface area contributed by atoms with Crippen LogP contribution in [0.4, 0.5) is 5.13 Å². The summed E-state index contributed by atoms with van der Waals surface area (Å²) in [5.74, 6) is 0.339. The summed E-state index contributed by atoms with van der Waals surface area (Å²) >= 11 is 8.91. The molecule has 4 nitrogen and oxygen atoms in total. The van der Waals surface area contributed by atoms with Crippen molar-refractivity contribution >= 4 is 45.7 Å². The van der Waals surface area contributed by atoms with E-state index in [0.29, 0.717) is 15.9 Å². The molecule has 22 heavy (non-hydrogen) atoms. The first-order chi connectivity index (χ1) is 10.6. The van der Waals surface area contributed by atoms with Gasteiger partial charge < -0.3 is 10.2 Å². The van der Waals surface area contributed by atoms with Gasteiger partial charge in [-0.15, -0.1) is 23.1 Å². The molecule has 116 valence electrons. The number of carbonyl (C=O) groups is 1. The molecule has 0 fully saturated rings. The number of thiazole rings is 1. The molecule has 0 bridgehead atoms. The van der Waals surface area contributed by atoms with E-state index in [1.54, 1.807) is 11.3 Å². The average Bonchev–Trinajstić information content (AvgIpc) is 2.88. The number of nitrogens with zero attached hydrogens (tertiary/aromatic N) is 2. The number of anilines is 1. The Labute approximate surface area is 142 Å². The maximum atomic E-state index is 12.0. The normalized spacial score (nSPS) is 14.6. The van der Waals surface area contributed by atoms with Crippen LogP contribution in [0.1, 0.15) is 10.6 Å². The summed E-state index contributed by atoms with van der Waals surface area (Å²) in [5, 5.41) is 4.31. The number of benzene rings is 1. The van der Waals surface area contributed by atoms with Crippen molar-refractivity contribution in [2.45, 2.75) is 17.9 Å². The van der Waals surface area contributed by atoms with Crippen molar-refractivity contribution in [3.63, 3.8) is 0 Å². The fraction of sp³-hybridized carbons (Fsp3) is 0.333. The minimum Gasteiger partial charge on any atom is -0.301 e. The molecule has 7 heteroatoms. The number of nitrogens with one attached hydrogen (secondary N) is 1. The van der Waals surface area contributed by atoms with Crippen LogP contribution in [0, 0.1) is 0 Å². The van der Waals surface area contributed by atoms with Crippen LogP contribution in [0.3, 0.4) is 0 Å². The summed E-state index contributed by atoms with van der Waals surface area (Å²) in [6.45, 7) is 1.94. The summed E-state index contributed by atoms with van der Waals surface area (Å²) in [6, 6.07) is 7.48. The number of hydrogen-bond acceptors (Lipinski definition) is 5. The van der Waals surface area contributed by atoms with E-state index in [1.807, 2.05) is 24.3 Å². The molecule has 2 heterocycles. The third-order valence-electron chi connectivity index (χ3n) is 3.35. The van der Waals surface area contributed by atoms with Crippen molar-refractivity contribution in [3.05, 3.63) is 39.9 Å². The first-order valence-corrected chi connectivity index (χ1v) is 9.13. The van der Waals surface area contributed by atoms with Crippen LogP contribution in [0.5, 0.6) is 0 Å². The quantitative estimate of drug-likeness (QED) is 0.854. The summed E-state index contributed by atoms with van der Waals surface area (Å²) in [6.07, 6.45) is 0.956. The first kappa shape index (κ1) is 15.8. The number of amides is 1. The van der Waals surface area contributed by atoms with Crippen LogP contribution >= 0.6 is 34.7 Å². The van der Waals surface area contributed by atoms with Crippen LogP contribution in [-0.2, 0) is 17.8 Å². The number of halogens is 1. The van der Waals surface area contributed by atoms with Crippen LogP contribution in [0.15, 0.2) is 29.2 Å². The van der Waals surface area contributed by atoms with Gasteiger partial charge in [0.25, 0.3) is 0 Å². The Morgan fingerprint density at radius 2 is 2.23 bits per heavy atom. The molecule has 0 saturated heterocycles. The molecule has 0 radical (unpaired) electrons. The van der Waals surface area contributed by atoms with E-state index in [1.165, 1.54) is 16.6 Å². The Kier molecular flexibility index (Phi) is 5.03. The lowest BCUT2D eigenvalue weighted by Crippen LogP contribution is -2.25. The lowest BCUT2D eigenvalue weighted by Gasteiger charge is -2.20. The Balaban J connectivity index is 1.54. The molecule has 1 aromatic heterocycles. The summed E-state index contributed by atoms with van der Waals surface area (Å²) in [7, 11) is 2.10. The average molecular weight is 354 g/mol. The monoisotopic (exact) mass is 353 g/mol. The molecular weight excluding hydrogens is 338 g/mol. The van der Waals surface area contributed by atoms with E-state index < -0.39 is 0 Å². The minimum absolute atomic E-state index is 0.0283. The number of hydrogen-bond donors (Lipinski definition) is 1. The highest BCUT2D eigenvalue weighted by Crippen LogP contribution is 2.28. The second-order valence-corrected chi connectivity index (χ2v) is 7.74. The first-order valence-electron chi connectivity index (χ1n) is 6.95. The molecular formula is C15H16ClN3OS2. The van der Waals surface area contributed by atoms with E-state index >= 15 is 0 Å². The standard InChI is InChI=1S/C15H16ClN3OS2/c1-19-7-6-12-13(8-19)22-15(17-12)18-14(20)9-21-11-4-2-10(16)3-5-11/h2-5H,6-9H2,1H3,(H,17,18,20). The van der Waals surface area contributed by atoms with Gasteiger partial charge in [0.1, 0.15) is 0 Å². The minimum atomic E-state index is -0.0283. The van der Waals surface area contributed by atoms with Gasteiger partial charge in [-0.1, -0.05) is 11.6 Å². The van der Waals surface area contributed by atoms with Crippen molar-refractivity contribution < 1.29 is 4.79 Å². The maximum absolute atomic E-state index is 12.0.